The molecular weight excluding hydrogens is 618 g/mol. The number of nitrogens with one attached hydrogen (secondary N) is 1. The molecule has 1 amide bonds. The van der Waals surface area contributed by atoms with Gasteiger partial charge in [0, 0.05) is 36.1 Å². The normalized spacial score (nSPS) is 18.2. The molecule has 0 bridgehead atoms. The first-order valence-electron chi connectivity index (χ1n) is 15.3. The van der Waals surface area contributed by atoms with Gasteiger partial charge in [-0.1, -0.05) is 72.8 Å². The van der Waals surface area contributed by atoms with Crippen LogP contribution < -0.4 is 5.32 Å². The molecule has 1 aliphatic heterocycles. The van der Waals surface area contributed by atoms with E-state index in [2.05, 4.69) is 5.32 Å². The van der Waals surface area contributed by atoms with Gasteiger partial charge >= 0.3 is 11.9 Å². The second-order valence-electron chi connectivity index (χ2n) is 11.3. The van der Waals surface area contributed by atoms with E-state index >= 15 is 0 Å². The van der Waals surface area contributed by atoms with Crippen molar-refractivity contribution in [2.24, 2.45) is 0 Å². The van der Waals surface area contributed by atoms with Crippen LogP contribution in [0.25, 0.3) is 11.1 Å². The van der Waals surface area contributed by atoms with Crippen LogP contribution in [0.4, 0.5) is 0 Å². The molecule has 244 valence electrons. The van der Waals surface area contributed by atoms with Crippen molar-refractivity contribution in [3.63, 3.8) is 0 Å². The summed E-state index contributed by atoms with van der Waals surface area (Å²) in [6.07, 6.45) is -1.52. The number of amides is 1. The van der Waals surface area contributed by atoms with Crippen LogP contribution >= 0.6 is 11.8 Å². The van der Waals surface area contributed by atoms with E-state index in [4.69, 9.17) is 14.2 Å². The number of thioether (sulfide) groups is 1. The van der Waals surface area contributed by atoms with E-state index in [1.807, 2.05) is 78.9 Å². The van der Waals surface area contributed by atoms with Gasteiger partial charge < -0.3 is 29.7 Å². The quantitative estimate of drug-likeness (QED) is 0.116. The third-order valence-corrected chi connectivity index (χ3v) is 8.96. The molecule has 10 heteroatoms. The maximum absolute atomic E-state index is 12.3. The van der Waals surface area contributed by atoms with Gasteiger partial charge in [-0.05, 0) is 59.0 Å². The van der Waals surface area contributed by atoms with E-state index in [1.165, 1.54) is 25.6 Å². The maximum Gasteiger partial charge on any atom is 0.336 e. The van der Waals surface area contributed by atoms with Crippen LogP contribution in [0.5, 0.6) is 0 Å². The lowest BCUT2D eigenvalue weighted by Gasteiger charge is -2.36. The Morgan fingerprint density at radius 3 is 2.34 bits per heavy atom. The lowest BCUT2D eigenvalue weighted by atomic mass is 9.99. The zero-order valence-electron chi connectivity index (χ0n) is 26.1. The van der Waals surface area contributed by atoms with Crippen LogP contribution in [0.1, 0.15) is 65.3 Å². The van der Waals surface area contributed by atoms with E-state index in [0.717, 1.165) is 33.4 Å². The number of carboxylic acids is 1. The zero-order valence-corrected chi connectivity index (χ0v) is 26.9. The molecule has 4 aromatic carbocycles. The highest BCUT2D eigenvalue weighted by Gasteiger charge is 2.32. The fraction of sp³-hybridized carbons (Fsp3) is 0.270. The number of aromatic carboxylic acids is 1. The molecule has 0 aliphatic carbocycles. The van der Waals surface area contributed by atoms with Gasteiger partial charge in [-0.3, -0.25) is 9.59 Å². The Labute approximate surface area is 277 Å². The first-order chi connectivity index (χ1) is 22.7. The largest absolute Gasteiger partial charge is 0.478 e. The predicted octanol–water partition coefficient (Wildman–Crippen LogP) is 6.45. The molecule has 1 fully saturated rings. The molecule has 0 unspecified atom stereocenters. The minimum Gasteiger partial charge on any atom is -0.478 e. The van der Waals surface area contributed by atoms with Gasteiger partial charge in [-0.25, -0.2) is 4.79 Å². The molecule has 47 heavy (non-hydrogen) atoms. The van der Waals surface area contributed by atoms with Gasteiger partial charge in [-0.15, -0.1) is 11.8 Å². The highest BCUT2D eigenvalue weighted by atomic mass is 32.2. The summed E-state index contributed by atoms with van der Waals surface area (Å²) < 4.78 is 18.0. The minimum absolute atomic E-state index is 0.0481. The van der Waals surface area contributed by atoms with Crippen LogP contribution in [0.3, 0.4) is 0 Å². The Kier molecular flexibility index (Phi) is 11.4. The third-order valence-electron chi connectivity index (χ3n) is 7.75. The first kappa shape index (κ1) is 33.9. The summed E-state index contributed by atoms with van der Waals surface area (Å²) in [6, 6.07) is 30.3. The van der Waals surface area contributed by atoms with E-state index < -0.39 is 24.3 Å². The molecule has 1 heterocycles. The maximum atomic E-state index is 12.3. The number of benzene rings is 4. The highest BCUT2D eigenvalue weighted by molar-refractivity contribution is 7.99. The van der Waals surface area contributed by atoms with Crippen LogP contribution in [-0.4, -0.2) is 46.0 Å². The number of hydrogen-bond acceptors (Lipinski definition) is 8. The molecule has 3 N–H and O–H groups in total. The molecule has 4 aromatic rings. The molecule has 5 rings (SSSR count). The van der Waals surface area contributed by atoms with Gasteiger partial charge in [0.15, 0.2) is 12.4 Å². The standard InChI is InChI=1S/C37H37NO8S/c1-23(44-24(2)40)35(41)38-20-26-7-5-8-28(17-26)29-9-6-10-30(18-29)37-45-31(22-47-34-12-4-3-11-32(34)36(42)43)19-33(46-37)27-15-13-25(21-39)14-16-27/h3-18,23,31,33,37,39H,19-22H2,1-2H3,(H,38,41)(H,42,43)/t23-,31+,33-,37-/m0/s1. The smallest absolute Gasteiger partial charge is 0.336 e. The van der Waals surface area contributed by atoms with Gasteiger partial charge in [-0.2, -0.15) is 0 Å². The lowest BCUT2D eigenvalue weighted by Crippen LogP contribution is -2.35. The van der Waals surface area contributed by atoms with Crippen molar-refractivity contribution in [3.05, 3.63) is 125 Å². The lowest BCUT2D eigenvalue weighted by molar-refractivity contribution is -0.245. The van der Waals surface area contributed by atoms with Gasteiger partial charge in [0.25, 0.3) is 5.91 Å². The fourth-order valence-electron chi connectivity index (χ4n) is 5.34. The summed E-state index contributed by atoms with van der Waals surface area (Å²) in [6.45, 7) is 3.02. The summed E-state index contributed by atoms with van der Waals surface area (Å²) in [7, 11) is 0. The Balaban J connectivity index is 1.35. The summed E-state index contributed by atoms with van der Waals surface area (Å²) in [5.41, 5.74) is 5.61. The number of rotatable bonds is 12. The van der Waals surface area contributed by atoms with Crippen molar-refractivity contribution in [1.82, 2.24) is 5.32 Å². The van der Waals surface area contributed by atoms with Crippen LogP contribution in [0, 0.1) is 0 Å². The second kappa shape index (κ2) is 15.9. The first-order valence-corrected chi connectivity index (χ1v) is 16.3. The van der Waals surface area contributed by atoms with E-state index in [-0.39, 0.29) is 36.8 Å². The zero-order chi connectivity index (χ0) is 33.3. The van der Waals surface area contributed by atoms with Crippen molar-refractivity contribution in [2.45, 2.75) is 62.9 Å². The van der Waals surface area contributed by atoms with Crippen LogP contribution in [0.15, 0.2) is 102 Å². The molecule has 0 aromatic heterocycles. The SMILES string of the molecule is CC(=O)O[C@@H](C)C(=O)NCc1cccc(-c2cccc([C@H]3O[C@@H](CSc4ccccc4C(=O)O)C[C@@H](c4ccc(CO)cc4)O3)c2)c1. The summed E-state index contributed by atoms with van der Waals surface area (Å²) in [4.78, 5) is 36.0. The van der Waals surface area contributed by atoms with Crippen LogP contribution in [-0.2, 0) is 37.0 Å². The van der Waals surface area contributed by atoms with Crippen molar-refractivity contribution in [1.29, 1.82) is 0 Å². The Bertz CT molecular complexity index is 1710. The molecule has 4 atom stereocenters. The topological polar surface area (TPSA) is 131 Å². The van der Waals surface area contributed by atoms with Gasteiger partial charge in [0.05, 0.1) is 24.4 Å². The average molecular weight is 656 g/mol. The molecule has 0 spiro atoms. The second-order valence-corrected chi connectivity index (χ2v) is 12.3. The summed E-state index contributed by atoms with van der Waals surface area (Å²) in [5.74, 6) is -1.33. The van der Waals surface area contributed by atoms with E-state index in [0.29, 0.717) is 17.1 Å². The highest BCUT2D eigenvalue weighted by Crippen LogP contribution is 2.40. The summed E-state index contributed by atoms with van der Waals surface area (Å²) in [5, 5.41) is 22.0. The molecule has 9 nitrogen and oxygen atoms in total. The molecule has 0 radical (unpaired) electrons. The Morgan fingerprint density at radius 1 is 0.894 bits per heavy atom. The number of aliphatic hydroxyl groups is 1. The minimum atomic E-state index is -0.972. The van der Waals surface area contributed by atoms with Crippen molar-refractivity contribution < 1.29 is 38.8 Å². The van der Waals surface area contributed by atoms with Crippen molar-refractivity contribution in [3.8, 4) is 11.1 Å². The summed E-state index contributed by atoms with van der Waals surface area (Å²) >= 11 is 1.45. The molecule has 0 saturated carbocycles. The molecule has 1 saturated heterocycles. The van der Waals surface area contributed by atoms with E-state index in [9.17, 15) is 24.6 Å². The van der Waals surface area contributed by atoms with Crippen molar-refractivity contribution >= 4 is 29.6 Å². The molecular formula is C37H37NO8S. The third kappa shape index (κ3) is 9.08. The Hall–Kier alpha value is -4.48. The number of aliphatic hydroxyl groups excluding tert-OH is 1. The number of ether oxygens (including phenoxy) is 3. The number of carboxylic acid groups (broad SMARTS) is 1. The number of hydrogen-bond donors (Lipinski definition) is 3. The number of esters is 1. The fourth-order valence-corrected chi connectivity index (χ4v) is 6.40. The number of carbonyl (C=O) groups is 3. The number of carbonyl (C=O) groups excluding carboxylic acids is 2. The van der Waals surface area contributed by atoms with Crippen LogP contribution in [0.2, 0.25) is 0 Å². The monoisotopic (exact) mass is 655 g/mol. The average Bonchev–Trinajstić information content (AvgIpc) is 3.09. The molecule has 1 aliphatic rings. The predicted molar refractivity (Wildman–Crippen MR) is 177 cm³/mol. The van der Waals surface area contributed by atoms with Gasteiger partial charge in [0.2, 0.25) is 0 Å². The van der Waals surface area contributed by atoms with Gasteiger partial charge in [0.1, 0.15) is 0 Å². The van der Waals surface area contributed by atoms with E-state index in [1.54, 1.807) is 18.2 Å². The Morgan fingerprint density at radius 2 is 1.62 bits per heavy atom. The van der Waals surface area contributed by atoms with Crippen molar-refractivity contribution in [2.75, 3.05) is 5.75 Å².